The molecular weight excluding hydrogens is 326 g/mol. The van der Waals surface area contributed by atoms with Gasteiger partial charge in [0.15, 0.2) is 0 Å². The number of hydrogen-bond acceptors (Lipinski definition) is 2. The summed E-state index contributed by atoms with van der Waals surface area (Å²) in [5.41, 5.74) is 3.63. The standard InChI is InChI=1S/C18H18BrNO/c19-17-16(21-11-12-4-2-1-3-5-12)10-15(13-6-7-13)20-18(17)14-8-9-14/h1-5,10,13-14H,6-9,11H2. The van der Waals surface area contributed by atoms with Gasteiger partial charge in [0.25, 0.3) is 0 Å². The normalized spacial score (nSPS) is 17.8. The molecule has 0 atom stereocenters. The summed E-state index contributed by atoms with van der Waals surface area (Å²) in [6.45, 7) is 0.609. The summed E-state index contributed by atoms with van der Waals surface area (Å²) < 4.78 is 7.13. The Morgan fingerprint density at radius 2 is 1.76 bits per heavy atom. The Morgan fingerprint density at radius 1 is 1.05 bits per heavy atom. The van der Waals surface area contributed by atoms with Gasteiger partial charge in [-0.1, -0.05) is 30.3 Å². The van der Waals surface area contributed by atoms with Gasteiger partial charge in [0.2, 0.25) is 0 Å². The molecule has 4 rings (SSSR count). The molecule has 3 heteroatoms. The Morgan fingerprint density at radius 3 is 2.43 bits per heavy atom. The quantitative estimate of drug-likeness (QED) is 0.746. The van der Waals surface area contributed by atoms with Gasteiger partial charge in [-0.15, -0.1) is 0 Å². The number of hydrogen-bond donors (Lipinski definition) is 0. The largest absolute Gasteiger partial charge is 0.488 e. The molecule has 1 heterocycles. The van der Waals surface area contributed by atoms with Crippen molar-refractivity contribution in [2.24, 2.45) is 0 Å². The lowest BCUT2D eigenvalue weighted by Crippen LogP contribution is -2.01. The average Bonchev–Trinajstić information content (AvgIpc) is 3.40. The maximum atomic E-state index is 6.07. The Balaban J connectivity index is 1.60. The monoisotopic (exact) mass is 343 g/mol. The highest BCUT2D eigenvalue weighted by Crippen LogP contribution is 2.48. The zero-order chi connectivity index (χ0) is 14.2. The van der Waals surface area contributed by atoms with Gasteiger partial charge >= 0.3 is 0 Å². The fraction of sp³-hybridized carbons (Fsp3) is 0.389. The van der Waals surface area contributed by atoms with Crippen LogP contribution in [0.4, 0.5) is 0 Å². The zero-order valence-electron chi connectivity index (χ0n) is 11.9. The summed E-state index contributed by atoms with van der Waals surface area (Å²) in [4.78, 5) is 4.89. The number of rotatable bonds is 5. The summed E-state index contributed by atoms with van der Waals surface area (Å²) in [7, 11) is 0. The Bertz CT molecular complexity index is 648. The van der Waals surface area contributed by atoms with E-state index in [0.29, 0.717) is 18.4 Å². The second-order valence-electron chi connectivity index (χ2n) is 6.07. The lowest BCUT2D eigenvalue weighted by Gasteiger charge is -2.13. The second-order valence-corrected chi connectivity index (χ2v) is 6.86. The van der Waals surface area contributed by atoms with E-state index in [1.54, 1.807) is 0 Å². The molecule has 2 fully saturated rings. The molecule has 0 bridgehead atoms. The van der Waals surface area contributed by atoms with Crippen molar-refractivity contribution in [1.29, 1.82) is 0 Å². The molecule has 0 N–H and O–H groups in total. The van der Waals surface area contributed by atoms with Gasteiger partial charge < -0.3 is 4.74 Å². The lowest BCUT2D eigenvalue weighted by atomic mass is 10.2. The smallest absolute Gasteiger partial charge is 0.137 e. The summed E-state index contributed by atoms with van der Waals surface area (Å²) >= 11 is 3.71. The highest BCUT2D eigenvalue weighted by atomic mass is 79.9. The van der Waals surface area contributed by atoms with Crippen LogP contribution in [0, 0.1) is 0 Å². The van der Waals surface area contributed by atoms with Crippen LogP contribution in [0.3, 0.4) is 0 Å². The third-order valence-electron chi connectivity index (χ3n) is 4.17. The molecule has 2 aromatic rings. The number of ether oxygens (including phenoxy) is 1. The fourth-order valence-corrected chi connectivity index (χ4v) is 3.24. The molecule has 0 radical (unpaired) electrons. The van der Waals surface area contributed by atoms with Crippen LogP contribution in [0.25, 0.3) is 0 Å². The van der Waals surface area contributed by atoms with Crippen LogP contribution in [0.2, 0.25) is 0 Å². The Kier molecular flexibility index (Phi) is 3.46. The van der Waals surface area contributed by atoms with E-state index in [4.69, 9.17) is 9.72 Å². The number of nitrogens with zero attached hydrogens (tertiary/aromatic N) is 1. The molecule has 0 unspecified atom stereocenters. The summed E-state index contributed by atoms with van der Waals surface area (Å²) in [5.74, 6) is 2.25. The molecule has 2 nitrogen and oxygen atoms in total. The van der Waals surface area contributed by atoms with Gasteiger partial charge in [-0.2, -0.15) is 0 Å². The van der Waals surface area contributed by atoms with Crippen molar-refractivity contribution in [1.82, 2.24) is 4.98 Å². The summed E-state index contributed by atoms with van der Waals surface area (Å²) in [6, 6.07) is 12.5. The van der Waals surface area contributed by atoms with E-state index < -0.39 is 0 Å². The van der Waals surface area contributed by atoms with Crippen LogP contribution in [-0.4, -0.2) is 4.98 Å². The van der Waals surface area contributed by atoms with Gasteiger partial charge in [-0.05, 0) is 47.2 Å². The Labute approximate surface area is 133 Å². The minimum absolute atomic E-state index is 0.609. The molecule has 1 aromatic heterocycles. The molecule has 0 saturated heterocycles. The van der Waals surface area contributed by atoms with Crippen LogP contribution in [0.15, 0.2) is 40.9 Å². The highest BCUT2D eigenvalue weighted by molar-refractivity contribution is 9.10. The number of halogens is 1. The van der Waals surface area contributed by atoms with Crippen molar-refractivity contribution < 1.29 is 4.74 Å². The number of pyridine rings is 1. The minimum atomic E-state index is 0.609. The van der Waals surface area contributed by atoms with E-state index in [0.717, 1.165) is 10.2 Å². The van der Waals surface area contributed by atoms with Crippen LogP contribution in [0.1, 0.15) is 54.5 Å². The van der Waals surface area contributed by atoms with Crippen molar-refractivity contribution in [3.05, 3.63) is 57.8 Å². The van der Waals surface area contributed by atoms with Crippen LogP contribution in [0.5, 0.6) is 5.75 Å². The van der Waals surface area contributed by atoms with Crippen molar-refractivity contribution in [3.8, 4) is 5.75 Å². The van der Waals surface area contributed by atoms with E-state index in [2.05, 4.69) is 34.1 Å². The molecule has 21 heavy (non-hydrogen) atoms. The molecule has 0 aliphatic heterocycles. The van der Waals surface area contributed by atoms with Gasteiger partial charge in [-0.3, -0.25) is 4.98 Å². The van der Waals surface area contributed by atoms with Crippen LogP contribution < -0.4 is 4.74 Å². The number of aromatic nitrogens is 1. The number of benzene rings is 1. The van der Waals surface area contributed by atoms with Gasteiger partial charge in [0.05, 0.1) is 10.2 Å². The molecule has 0 amide bonds. The second kappa shape index (κ2) is 5.45. The first-order valence-corrected chi connectivity index (χ1v) is 8.47. The van der Waals surface area contributed by atoms with Crippen molar-refractivity contribution in [3.63, 3.8) is 0 Å². The van der Waals surface area contributed by atoms with Crippen LogP contribution in [-0.2, 0) is 6.61 Å². The molecule has 2 saturated carbocycles. The maximum absolute atomic E-state index is 6.07. The van der Waals surface area contributed by atoms with E-state index in [1.807, 2.05) is 18.2 Å². The van der Waals surface area contributed by atoms with Crippen molar-refractivity contribution in [2.45, 2.75) is 44.1 Å². The first kappa shape index (κ1) is 13.3. The zero-order valence-corrected chi connectivity index (χ0v) is 13.5. The molecule has 108 valence electrons. The van der Waals surface area contributed by atoms with Gasteiger partial charge in [-0.25, -0.2) is 0 Å². The third-order valence-corrected chi connectivity index (χ3v) is 4.96. The molecular formula is C18H18BrNO. The maximum Gasteiger partial charge on any atom is 0.137 e. The van der Waals surface area contributed by atoms with E-state index in [1.165, 1.54) is 42.6 Å². The molecule has 0 spiro atoms. The summed E-state index contributed by atoms with van der Waals surface area (Å²) in [5, 5.41) is 0. The van der Waals surface area contributed by atoms with Gasteiger partial charge in [0.1, 0.15) is 12.4 Å². The third kappa shape index (κ3) is 2.98. The van der Waals surface area contributed by atoms with Gasteiger partial charge in [0, 0.05) is 23.6 Å². The summed E-state index contributed by atoms with van der Waals surface area (Å²) in [6.07, 6.45) is 5.07. The predicted molar refractivity (Wildman–Crippen MR) is 86.7 cm³/mol. The topological polar surface area (TPSA) is 22.1 Å². The first-order chi connectivity index (χ1) is 10.3. The van der Waals surface area contributed by atoms with Crippen LogP contribution >= 0.6 is 15.9 Å². The highest BCUT2D eigenvalue weighted by Gasteiger charge is 2.32. The SMILES string of the molecule is Brc1c(OCc2ccccc2)cc(C2CC2)nc1C1CC1. The average molecular weight is 344 g/mol. The lowest BCUT2D eigenvalue weighted by molar-refractivity contribution is 0.303. The van der Waals surface area contributed by atoms with E-state index in [9.17, 15) is 0 Å². The molecule has 2 aliphatic carbocycles. The molecule has 1 aromatic carbocycles. The molecule has 2 aliphatic rings. The predicted octanol–water partition coefficient (Wildman–Crippen LogP) is 5.18. The van der Waals surface area contributed by atoms with E-state index in [-0.39, 0.29) is 0 Å². The Hall–Kier alpha value is -1.35. The van der Waals surface area contributed by atoms with Crippen molar-refractivity contribution >= 4 is 15.9 Å². The first-order valence-electron chi connectivity index (χ1n) is 7.68. The minimum Gasteiger partial charge on any atom is -0.488 e. The fourth-order valence-electron chi connectivity index (χ4n) is 2.60. The van der Waals surface area contributed by atoms with Crippen molar-refractivity contribution in [2.75, 3.05) is 0 Å². The van der Waals surface area contributed by atoms with E-state index >= 15 is 0 Å².